The summed E-state index contributed by atoms with van der Waals surface area (Å²) in [7, 11) is 3.43. The molecule has 1 heterocycles. The van der Waals surface area contributed by atoms with Crippen LogP contribution in [0.1, 0.15) is 10.5 Å². The van der Waals surface area contributed by atoms with Crippen molar-refractivity contribution in [2.45, 2.75) is 0 Å². The molecule has 0 aliphatic carbocycles. The minimum Gasteiger partial charge on any atom is -0.382 e. The van der Waals surface area contributed by atoms with Gasteiger partial charge >= 0.3 is 0 Å². The van der Waals surface area contributed by atoms with Crippen molar-refractivity contribution < 1.29 is 4.79 Å². The highest BCUT2D eigenvalue weighted by molar-refractivity contribution is 6.32. The molecule has 8 nitrogen and oxygen atoms in total. The van der Waals surface area contributed by atoms with E-state index in [0.29, 0.717) is 5.82 Å². The van der Waals surface area contributed by atoms with E-state index in [2.05, 4.69) is 9.97 Å². The number of anilines is 2. The largest absolute Gasteiger partial charge is 0.382 e. The van der Waals surface area contributed by atoms with Crippen molar-refractivity contribution in [1.82, 2.24) is 15.3 Å². The number of hydrogen-bond donors (Lipinski definition) is 4. The highest BCUT2D eigenvalue weighted by atomic mass is 35.5. The molecule has 18 heavy (non-hydrogen) atoms. The Morgan fingerprint density at radius 3 is 2.44 bits per heavy atom. The highest BCUT2D eigenvalue weighted by Crippen LogP contribution is 2.22. The number of amides is 1. The molecule has 0 bridgehead atoms. The Morgan fingerprint density at radius 2 is 2.00 bits per heavy atom. The Hall–Kier alpha value is -1.80. The third kappa shape index (κ3) is 3.60. The number of guanidine groups is 1. The summed E-state index contributed by atoms with van der Waals surface area (Å²) in [6.45, 7) is 0. The molecule has 0 saturated carbocycles. The zero-order valence-electron chi connectivity index (χ0n) is 9.69. The number of halogens is 2. The predicted molar refractivity (Wildman–Crippen MR) is 72.4 cm³/mol. The van der Waals surface area contributed by atoms with Crippen molar-refractivity contribution in [3.05, 3.63) is 10.8 Å². The lowest BCUT2D eigenvalue weighted by molar-refractivity contribution is 0.0972. The van der Waals surface area contributed by atoms with Crippen LogP contribution in [0.3, 0.4) is 0 Å². The van der Waals surface area contributed by atoms with Crippen molar-refractivity contribution in [3.63, 3.8) is 0 Å². The summed E-state index contributed by atoms with van der Waals surface area (Å²) >= 11 is 5.84. The Bertz CT molecular complexity index is 477. The van der Waals surface area contributed by atoms with Crippen molar-refractivity contribution in [2.24, 2.45) is 5.73 Å². The quantitative estimate of drug-likeness (QED) is 0.441. The minimum atomic E-state index is -0.727. The fraction of sp³-hybridized carbons (Fsp3) is 0.250. The zero-order valence-corrected chi connectivity index (χ0v) is 11.3. The fourth-order valence-corrected chi connectivity index (χ4v) is 1.35. The lowest BCUT2D eigenvalue weighted by atomic mass is 10.3. The molecule has 0 aliphatic rings. The Morgan fingerprint density at radius 1 is 1.44 bits per heavy atom. The van der Waals surface area contributed by atoms with Gasteiger partial charge in [-0.05, 0) is 0 Å². The molecular weight excluding hydrogens is 281 g/mol. The average Bonchev–Trinajstić information content (AvgIpc) is 2.19. The van der Waals surface area contributed by atoms with E-state index in [1.807, 2.05) is 5.32 Å². The van der Waals surface area contributed by atoms with Gasteiger partial charge in [0.25, 0.3) is 5.91 Å². The van der Waals surface area contributed by atoms with Gasteiger partial charge in [-0.15, -0.1) is 12.4 Å². The van der Waals surface area contributed by atoms with Gasteiger partial charge in [-0.3, -0.25) is 15.5 Å². The van der Waals surface area contributed by atoms with Crippen LogP contribution < -0.4 is 21.7 Å². The zero-order chi connectivity index (χ0) is 13.2. The standard InChI is InChI=1S/C8H12ClN7O.ClH/c1-16(2)6-4(9)13-3(5(10)14-6)7(17)15-8(11)12;/h1-2H3,(H2,10,14)(H4,11,12,15,17);1H. The maximum atomic E-state index is 11.5. The molecule has 0 atom stereocenters. The van der Waals surface area contributed by atoms with Crippen LogP contribution in [0.5, 0.6) is 0 Å². The van der Waals surface area contributed by atoms with E-state index in [-0.39, 0.29) is 29.1 Å². The van der Waals surface area contributed by atoms with Gasteiger partial charge in [0.15, 0.2) is 28.4 Å². The molecule has 0 saturated heterocycles. The van der Waals surface area contributed by atoms with Gasteiger partial charge in [0.2, 0.25) is 0 Å². The van der Waals surface area contributed by atoms with Crippen LogP contribution in [0.4, 0.5) is 11.6 Å². The van der Waals surface area contributed by atoms with E-state index >= 15 is 0 Å². The van der Waals surface area contributed by atoms with Crippen LogP contribution in [0.15, 0.2) is 0 Å². The molecule has 0 aliphatic heterocycles. The molecule has 1 rings (SSSR count). The van der Waals surface area contributed by atoms with E-state index in [1.165, 1.54) is 0 Å². The number of rotatable bonds is 2. The van der Waals surface area contributed by atoms with Gasteiger partial charge in [-0.25, -0.2) is 9.97 Å². The Balaban J connectivity index is 0.00000289. The number of nitrogen functional groups attached to an aromatic ring is 1. The first-order valence-electron chi connectivity index (χ1n) is 4.48. The summed E-state index contributed by atoms with van der Waals surface area (Å²) in [5.41, 5.74) is 10.4. The molecule has 0 unspecified atom stereocenters. The van der Waals surface area contributed by atoms with Crippen molar-refractivity contribution in [2.75, 3.05) is 24.7 Å². The minimum absolute atomic E-state index is 0. The Labute approximate surface area is 115 Å². The number of nitrogens with one attached hydrogen (secondary N) is 2. The van der Waals surface area contributed by atoms with Gasteiger partial charge in [0, 0.05) is 14.1 Å². The second-order valence-corrected chi connectivity index (χ2v) is 3.69. The van der Waals surface area contributed by atoms with Crippen LogP contribution in [0, 0.1) is 5.41 Å². The number of carbonyl (C=O) groups is 1. The van der Waals surface area contributed by atoms with Crippen molar-refractivity contribution >= 4 is 47.5 Å². The first-order valence-corrected chi connectivity index (χ1v) is 4.86. The normalized spacial score (nSPS) is 9.28. The molecule has 0 radical (unpaired) electrons. The lowest BCUT2D eigenvalue weighted by Gasteiger charge is -2.14. The summed E-state index contributed by atoms with van der Waals surface area (Å²) in [6, 6.07) is 0. The third-order valence-corrected chi connectivity index (χ3v) is 2.00. The smallest absolute Gasteiger partial charge is 0.280 e. The van der Waals surface area contributed by atoms with E-state index in [0.717, 1.165) is 0 Å². The Kier molecular flexibility index (Phi) is 5.60. The molecule has 1 aromatic heterocycles. The molecule has 10 heteroatoms. The number of aromatic nitrogens is 2. The second kappa shape index (κ2) is 6.22. The van der Waals surface area contributed by atoms with E-state index in [4.69, 9.17) is 28.5 Å². The second-order valence-electron chi connectivity index (χ2n) is 3.33. The van der Waals surface area contributed by atoms with Crippen LogP contribution in [0.2, 0.25) is 5.15 Å². The van der Waals surface area contributed by atoms with E-state index < -0.39 is 11.9 Å². The first-order chi connectivity index (χ1) is 7.82. The maximum Gasteiger partial charge on any atom is 0.280 e. The number of nitrogens with zero attached hydrogens (tertiary/aromatic N) is 3. The summed E-state index contributed by atoms with van der Waals surface area (Å²) in [6.07, 6.45) is 0. The SMILES string of the molecule is CN(C)c1nc(N)c(C(=O)NC(=N)N)nc1Cl.Cl. The maximum absolute atomic E-state index is 11.5. The predicted octanol–water partition coefficient (Wildman–Crippen LogP) is -0.177. The summed E-state index contributed by atoms with van der Waals surface area (Å²) in [5.74, 6) is -0.973. The van der Waals surface area contributed by atoms with Gasteiger partial charge in [0.05, 0.1) is 0 Å². The summed E-state index contributed by atoms with van der Waals surface area (Å²) in [4.78, 5) is 20.9. The van der Waals surface area contributed by atoms with Crippen LogP contribution in [-0.2, 0) is 0 Å². The summed E-state index contributed by atoms with van der Waals surface area (Å²) in [5, 5.41) is 9.01. The molecular formula is C8H13Cl2N7O. The monoisotopic (exact) mass is 293 g/mol. The number of nitrogens with two attached hydrogens (primary N) is 2. The average molecular weight is 294 g/mol. The van der Waals surface area contributed by atoms with Gasteiger partial charge in [0.1, 0.15) is 0 Å². The fourth-order valence-electron chi connectivity index (χ4n) is 1.05. The van der Waals surface area contributed by atoms with Crippen LogP contribution >= 0.6 is 24.0 Å². The first kappa shape index (κ1) is 16.2. The molecule has 0 aromatic carbocycles. The van der Waals surface area contributed by atoms with Gasteiger partial charge < -0.3 is 16.4 Å². The summed E-state index contributed by atoms with van der Waals surface area (Å²) < 4.78 is 0. The molecule has 6 N–H and O–H groups in total. The van der Waals surface area contributed by atoms with Crippen LogP contribution in [0.25, 0.3) is 0 Å². The van der Waals surface area contributed by atoms with Gasteiger partial charge in [-0.2, -0.15) is 0 Å². The lowest BCUT2D eigenvalue weighted by Crippen LogP contribution is -2.36. The topological polar surface area (TPSA) is 134 Å². The van der Waals surface area contributed by atoms with Gasteiger partial charge in [-0.1, -0.05) is 11.6 Å². The molecule has 0 fully saturated rings. The number of hydrogen-bond acceptors (Lipinski definition) is 6. The third-order valence-electron chi connectivity index (χ3n) is 1.75. The molecule has 100 valence electrons. The highest BCUT2D eigenvalue weighted by Gasteiger charge is 2.18. The molecule has 0 spiro atoms. The van der Waals surface area contributed by atoms with Crippen LogP contribution in [-0.4, -0.2) is 35.9 Å². The molecule has 1 aromatic rings. The van der Waals surface area contributed by atoms with Crippen molar-refractivity contribution in [3.8, 4) is 0 Å². The van der Waals surface area contributed by atoms with E-state index in [9.17, 15) is 4.79 Å². The van der Waals surface area contributed by atoms with Crippen molar-refractivity contribution in [1.29, 1.82) is 5.41 Å². The molecule has 1 amide bonds. The number of carbonyl (C=O) groups excluding carboxylic acids is 1. The van der Waals surface area contributed by atoms with E-state index in [1.54, 1.807) is 19.0 Å².